The van der Waals surface area contributed by atoms with Gasteiger partial charge in [-0.15, -0.1) is 12.4 Å². The molecular formula is C19H31ClN4O3. The van der Waals surface area contributed by atoms with Crippen molar-refractivity contribution in [2.24, 2.45) is 7.05 Å². The summed E-state index contributed by atoms with van der Waals surface area (Å²) in [5.41, 5.74) is 1.55. The molecular weight excluding hydrogens is 368 g/mol. The number of piperazine rings is 1. The zero-order chi connectivity index (χ0) is 19.1. The number of aryl methyl sites for hydroxylation is 1. The van der Waals surface area contributed by atoms with Gasteiger partial charge in [-0.05, 0) is 12.5 Å². The summed E-state index contributed by atoms with van der Waals surface area (Å²) in [5, 5.41) is 3.45. The molecule has 2 aliphatic rings. The molecule has 3 rings (SSSR count). The lowest BCUT2D eigenvalue weighted by Gasteiger charge is -2.39. The Balaban J connectivity index is 0.00000261. The van der Waals surface area contributed by atoms with E-state index < -0.39 is 0 Å². The number of pyridine rings is 1. The SMILES string of the molecule is COC[C@H]1CN[C@H](C)CN1CC(=O)N1CC(C)(C)c2cc(=O)n(C)cc21.Cl. The molecule has 0 radical (unpaired) electrons. The Morgan fingerprint density at radius 2 is 2.11 bits per heavy atom. The molecule has 0 aromatic carbocycles. The van der Waals surface area contributed by atoms with Crippen LogP contribution in [0.4, 0.5) is 5.69 Å². The lowest BCUT2D eigenvalue weighted by atomic mass is 9.87. The molecule has 1 aromatic heterocycles. The first-order valence-corrected chi connectivity index (χ1v) is 9.21. The van der Waals surface area contributed by atoms with Gasteiger partial charge in [-0.2, -0.15) is 0 Å². The number of carbonyl (C=O) groups is 1. The van der Waals surface area contributed by atoms with Crippen LogP contribution in [0.25, 0.3) is 0 Å². The molecule has 2 aliphatic heterocycles. The zero-order valence-electron chi connectivity index (χ0n) is 16.8. The maximum atomic E-state index is 13.2. The maximum absolute atomic E-state index is 13.2. The Morgan fingerprint density at radius 1 is 1.41 bits per heavy atom. The van der Waals surface area contributed by atoms with Crippen molar-refractivity contribution in [3.8, 4) is 0 Å². The molecule has 27 heavy (non-hydrogen) atoms. The normalized spacial score (nSPS) is 24.4. The van der Waals surface area contributed by atoms with Gasteiger partial charge in [0.05, 0.1) is 18.8 Å². The summed E-state index contributed by atoms with van der Waals surface area (Å²) in [6, 6.07) is 2.21. The quantitative estimate of drug-likeness (QED) is 0.810. The molecule has 0 spiro atoms. The van der Waals surface area contributed by atoms with Crippen LogP contribution in [0.1, 0.15) is 26.3 Å². The van der Waals surface area contributed by atoms with E-state index in [2.05, 4.69) is 31.0 Å². The number of nitrogens with one attached hydrogen (secondary N) is 1. The Labute approximate surface area is 167 Å². The van der Waals surface area contributed by atoms with E-state index in [9.17, 15) is 9.59 Å². The molecule has 1 saturated heterocycles. The van der Waals surface area contributed by atoms with Crippen LogP contribution < -0.4 is 15.8 Å². The fourth-order valence-electron chi connectivity index (χ4n) is 4.00. The van der Waals surface area contributed by atoms with Gasteiger partial charge in [0.25, 0.3) is 5.56 Å². The van der Waals surface area contributed by atoms with Gasteiger partial charge < -0.3 is 19.5 Å². The highest BCUT2D eigenvalue weighted by molar-refractivity contribution is 5.97. The van der Waals surface area contributed by atoms with Crippen LogP contribution in [0.3, 0.4) is 0 Å². The first kappa shape index (κ1) is 21.9. The summed E-state index contributed by atoms with van der Waals surface area (Å²) < 4.78 is 6.87. The molecule has 7 nitrogen and oxygen atoms in total. The topological polar surface area (TPSA) is 66.8 Å². The molecule has 8 heteroatoms. The van der Waals surface area contributed by atoms with E-state index in [1.165, 1.54) is 0 Å². The summed E-state index contributed by atoms with van der Waals surface area (Å²) in [5.74, 6) is 0.0747. The number of methoxy groups -OCH3 is 1. The second kappa shape index (κ2) is 8.31. The summed E-state index contributed by atoms with van der Waals surface area (Å²) >= 11 is 0. The molecule has 3 heterocycles. The van der Waals surface area contributed by atoms with Gasteiger partial charge in [0.15, 0.2) is 0 Å². The summed E-state index contributed by atoms with van der Waals surface area (Å²) in [4.78, 5) is 29.2. The van der Waals surface area contributed by atoms with Gasteiger partial charge in [0.2, 0.25) is 5.91 Å². The minimum atomic E-state index is -0.221. The van der Waals surface area contributed by atoms with Gasteiger partial charge in [0.1, 0.15) is 0 Å². The number of nitrogens with zero attached hydrogens (tertiary/aromatic N) is 3. The van der Waals surface area contributed by atoms with Gasteiger partial charge >= 0.3 is 0 Å². The van der Waals surface area contributed by atoms with Crippen molar-refractivity contribution in [2.45, 2.75) is 38.3 Å². The Morgan fingerprint density at radius 3 is 2.78 bits per heavy atom. The van der Waals surface area contributed by atoms with Crippen molar-refractivity contribution in [3.63, 3.8) is 0 Å². The number of fused-ring (bicyclic) bond motifs is 1. The van der Waals surface area contributed by atoms with Crippen molar-refractivity contribution in [2.75, 3.05) is 44.8 Å². The lowest BCUT2D eigenvalue weighted by molar-refractivity contribution is -0.121. The number of rotatable bonds is 4. The second-order valence-electron chi connectivity index (χ2n) is 8.23. The van der Waals surface area contributed by atoms with Crippen molar-refractivity contribution < 1.29 is 9.53 Å². The van der Waals surface area contributed by atoms with Gasteiger partial charge in [-0.3, -0.25) is 14.5 Å². The average molecular weight is 399 g/mol. The first-order valence-electron chi connectivity index (χ1n) is 9.21. The number of hydrogen-bond acceptors (Lipinski definition) is 5. The summed E-state index contributed by atoms with van der Waals surface area (Å²) in [7, 11) is 3.42. The molecule has 1 amide bonds. The van der Waals surface area contributed by atoms with Gasteiger partial charge in [0, 0.05) is 63.6 Å². The predicted octanol–water partition coefficient (Wildman–Crippen LogP) is 0.740. The fraction of sp³-hybridized carbons (Fsp3) is 0.684. The molecule has 0 aliphatic carbocycles. The van der Waals surface area contributed by atoms with E-state index >= 15 is 0 Å². The summed E-state index contributed by atoms with van der Waals surface area (Å²) in [6.45, 7) is 9.49. The number of hydrogen-bond donors (Lipinski definition) is 1. The smallest absolute Gasteiger partial charge is 0.250 e. The molecule has 1 fully saturated rings. The molecule has 1 N–H and O–H groups in total. The number of aromatic nitrogens is 1. The minimum Gasteiger partial charge on any atom is -0.383 e. The predicted molar refractivity (Wildman–Crippen MR) is 109 cm³/mol. The molecule has 1 aromatic rings. The van der Waals surface area contributed by atoms with Crippen LogP contribution in [-0.2, 0) is 22.0 Å². The highest BCUT2D eigenvalue weighted by atomic mass is 35.5. The monoisotopic (exact) mass is 398 g/mol. The molecule has 0 unspecified atom stereocenters. The third kappa shape index (κ3) is 4.37. The fourth-order valence-corrected chi connectivity index (χ4v) is 4.00. The lowest BCUT2D eigenvalue weighted by Crippen LogP contribution is -2.59. The van der Waals surface area contributed by atoms with E-state index in [1.54, 1.807) is 31.0 Å². The highest BCUT2D eigenvalue weighted by Crippen LogP contribution is 2.39. The molecule has 152 valence electrons. The molecule has 0 bridgehead atoms. The number of ether oxygens (including phenoxy) is 1. The van der Waals surface area contributed by atoms with E-state index in [-0.39, 0.29) is 35.3 Å². The number of anilines is 1. The van der Waals surface area contributed by atoms with Crippen LogP contribution in [0, 0.1) is 0 Å². The van der Waals surface area contributed by atoms with Crippen molar-refractivity contribution >= 4 is 24.0 Å². The van der Waals surface area contributed by atoms with Gasteiger partial charge in [-0.25, -0.2) is 0 Å². The number of carbonyl (C=O) groups excluding carboxylic acids is 1. The van der Waals surface area contributed by atoms with Crippen LogP contribution in [0.2, 0.25) is 0 Å². The zero-order valence-corrected chi connectivity index (χ0v) is 17.6. The van der Waals surface area contributed by atoms with E-state index in [0.29, 0.717) is 25.7 Å². The molecule has 2 atom stereocenters. The Hall–Kier alpha value is -1.41. The van der Waals surface area contributed by atoms with E-state index in [0.717, 1.165) is 24.3 Å². The van der Waals surface area contributed by atoms with E-state index in [4.69, 9.17) is 4.74 Å². The third-order valence-electron chi connectivity index (χ3n) is 5.51. The number of halogens is 1. The van der Waals surface area contributed by atoms with E-state index in [1.807, 2.05) is 4.90 Å². The Kier molecular flexibility index (Phi) is 6.73. The van der Waals surface area contributed by atoms with Crippen LogP contribution in [0.15, 0.2) is 17.1 Å². The average Bonchev–Trinajstić information content (AvgIpc) is 2.82. The largest absolute Gasteiger partial charge is 0.383 e. The summed E-state index contributed by atoms with van der Waals surface area (Å²) in [6.07, 6.45) is 1.79. The number of amides is 1. The van der Waals surface area contributed by atoms with Crippen LogP contribution in [-0.4, -0.2) is 67.4 Å². The van der Waals surface area contributed by atoms with Crippen molar-refractivity contribution in [1.29, 1.82) is 0 Å². The second-order valence-corrected chi connectivity index (χ2v) is 8.23. The third-order valence-corrected chi connectivity index (χ3v) is 5.51. The van der Waals surface area contributed by atoms with Gasteiger partial charge in [-0.1, -0.05) is 13.8 Å². The van der Waals surface area contributed by atoms with Crippen LogP contribution in [0.5, 0.6) is 0 Å². The van der Waals surface area contributed by atoms with Crippen molar-refractivity contribution in [1.82, 2.24) is 14.8 Å². The Bertz CT molecular complexity index is 749. The maximum Gasteiger partial charge on any atom is 0.250 e. The standard InChI is InChI=1S/C19H30N4O3.ClH/c1-13-8-22(14(7-20-13)11-26-5)10-18(25)23-12-19(2,3)15-6-17(24)21(4)9-16(15)23;/h6,9,13-14,20H,7-8,10-12H2,1-5H3;1H/t13-,14-;/m1./s1. The minimum absolute atomic E-state index is 0. The molecule has 0 saturated carbocycles. The van der Waals surface area contributed by atoms with Crippen molar-refractivity contribution in [3.05, 3.63) is 28.2 Å². The van der Waals surface area contributed by atoms with Crippen LogP contribution >= 0.6 is 12.4 Å². The first-order chi connectivity index (χ1) is 12.2. The highest BCUT2D eigenvalue weighted by Gasteiger charge is 2.39.